The van der Waals surface area contributed by atoms with Crippen LogP contribution >= 0.6 is 0 Å². The van der Waals surface area contributed by atoms with Crippen molar-refractivity contribution in [2.24, 2.45) is 0 Å². The second-order valence-corrected chi connectivity index (χ2v) is 5.44. The molecule has 1 heterocycles. The number of aryl methyl sites for hydroxylation is 1. The van der Waals surface area contributed by atoms with Crippen molar-refractivity contribution in [3.63, 3.8) is 0 Å². The summed E-state index contributed by atoms with van der Waals surface area (Å²) in [5, 5.41) is 16.6. The van der Waals surface area contributed by atoms with Gasteiger partial charge in [0.05, 0.1) is 22.6 Å². The number of phenols is 1. The molecule has 1 amide bonds. The molecule has 0 atom stereocenters. The monoisotopic (exact) mass is 325 g/mol. The van der Waals surface area contributed by atoms with E-state index in [2.05, 4.69) is 10.4 Å². The predicted octanol–water partition coefficient (Wildman–Crippen LogP) is 3.59. The summed E-state index contributed by atoms with van der Waals surface area (Å²) in [7, 11) is 0. The maximum absolute atomic E-state index is 13.1. The summed E-state index contributed by atoms with van der Waals surface area (Å²) in [6.45, 7) is 3.52. The van der Waals surface area contributed by atoms with Crippen LogP contribution in [0.15, 0.2) is 48.5 Å². The average molecular weight is 325 g/mol. The van der Waals surface area contributed by atoms with Crippen molar-refractivity contribution in [2.45, 2.75) is 13.8 Å². The molecular weight excluding hydrogens is 309 g/mol. The van der Waals surface area contributed by atoms with Crippen LogP contribution in [0, 0.1) is 19.7 Å². The number of rotatable bonds is 3. The van der Waals surface area contributed by atoms with Crippen molar-refractivity contribution in [3.05, 3.63) is 71.3 Å². The highest BCUT2D eigenvalue weighted by atomic mass is 19.1. The molecule has 1 aromatic heterocycles. The van der Waals surface area contributed by atoms with E-state index >= 15 is 0 Å². The largest absolute Gasteiger partial charge is 0.508 e. The molecule has 0 bridgehead atoms. The van der Waals surface area contributed by atoms with Crippen molar-refractivity contribution in [2.75, 3.05) is 5.32 Å². The van der Waals surface area contributed by atoms with Gasteiger partial charge in [-0.25, -0.2) is 9.07 Å². The Kier molecular flexibility index (Phi) is 4.04. The van der Waals surface area contributed by atoms with Crippen LogP contribution in [0.25, 0.3) is 5.69 Å². The van der Waals surface area contributed by atoms with Crippen molar-refractivity contribution < 1.29 is 14.3 Å². The summed E-state index contributed by atoms with van der Waals surface area (Å²) < 4.78 is 14.7. The fourth-order valence-electron chi connectivity index (χ4n) is 2.58. The van der Waals surface area contributed by atoms with Crippen molar-refractivity contribution >= 4 is 11.6 Å². The topological polar surface area (TPSA) is 67.2 Å². The van der Waals surface area contributed by atoms with E-state index in [-0.39, 0.29) is 17.5 Å². The zero-order valence-electron chi connectivity index (χ0n) is 13.2. The van der Waals surface area contributed by atoms with Gasteiger partial charge in [-0.15, -0.1) is 0 Å². The number of benzene rings is 2. The number of amides is 1. The fraction of sp³-hybridized carbons (Fsp3) is 0.111. The SMILES string of the molecule is Cc1nn(-c2ccc(F)cc2)c(C)c1C(=O)Nc1cccc(O)c1. The lowest BCUT2D eigenvalue weighted by Crippen LogP contribution is -2.14. The number of aromatic hydroxyl groups is 1. The molecule has 0 saturated carbocycles. The number of hydrogen-bond acceptors (Lipinski definition) is 3. The van der Waals surface area contributed by atoms with Crippen LogP contribution < -0.4 is 5.32 Å². The molecule has 5 nitrogen and oxygen atoms in total. The molecule has 2 aromatic carbocycles. The Hall–Kier alpha value is -3.15. The molecule has 0 radical (unpaired) electrons. The second kappa shape index (κ2) is 6.16. The molecule has 0 saturated heterocycles. The lowest BCUT2D eigenvalue weighted by molar-refractivity contribution is 0.102. The maximum atomic E-state index is 13.1. The van der Waals surface area contributed by atoms with Gasteiger partial charge in [-0.1, -0.05) is 6.07 Å². The van der Waals surface area contributed by atoms with Gasteiger partial charge in [0.15, 0.2) is 0 Å². The Balaban J connectivity index is 1.94. The lowest BCUT2D eigenvalue weighted by Gasteiger charge is -2.07. The molecule has 0 unspecified atom stereocenters. The Labute approximate surface area is 138 Å². The van der Waals surface area contributed by atoms with Gasteiger partial charge in [0.25, 0.3) is 5.91 Å². The number of aromatic nitrogens is 2. The molecular formula is C18H16FN3O2. The Bertz CT molecular complexity index is 901. The first-order chi connectivity index (χ1) is 11.5. The van der Waals surface area contributed by atoms with Gasteiger partial charge in [0.1, 0.15) is 11.6 Å². The Morgan fingerprint density at radius 3 is 2.54 bits per heavy atom. The quantitative estimate of drug-likeness (QED) is 0.773. The summed E-state index contributed by atoms with van der Waals surface area (Å²) in [6, 6.07) is 12.2. The summed E-state index contributed by atoms with van der Waals surface area (Å²) in [5.41, 5.74) is 2.83. The first-order valence-corrected chi connectivity index (χ1v) is 7.38. The van der Waals surface area contributed by atoms with Crippen LogP contribution in [0.2, 0.25) is 0 Å². The number of carbonyl (C=O) groups is 1. The fourth-order valence-corrected chi connectivity index (χ4v) is 2.58. The summed E-state index contributed by atoms with van der Waals surface area (Å²) in [4.78, 5) is 12.6. The number of halogens is 1. The van der Waals surface area contributed by atoms with Gasteiger partial charge < -0.3 is 10.4 Å². The zero-order valence-corrected chi connectivity index (χ0v) is 13.2. The molecule has 0 spiro atoms. The maximum Gasteiger partial charge on any atom is 0.259 e. The van der Waals surface area contributed by atoms with E-state index in [0.717, 1.165) is 0 Å². The van der Waals surface area contributed by atoms with Gasteiger partial charge in [-0.05, 0) is 50.2 Å². The molecule has 24 heavy (non-hydrogen) atoms. The molecule has 0 aliphatic heterocycles. The van der Waals surface area contributed by atoms with Gasteiger partial charge in [0.2, 0.25) is 0 Å². The smallest absolute Gasteiger partial charge is 0.259 e. The molecule has 2 N–H and O–H groups in total. The Morgan fingerprint density at radius 1 is 1.17 bits per heavy atom. The van der Waals surface area contributed by atoms with Gasteiger partial charge in [0, 0.05) is 11.8 Å². The van der Waals surface area contributed by atoms with Crippen LogP contribution in [-0.2, 0) is 0 Å². The van der Waals surface area contributed by atoms with E-state index < -0.39 is 0 Å². The van der Waals surface area contributed by atoms with Crippen LogP contribution in [0.5, 0.6) is 5.75 Å². The van der Waals surface area contributed by atoms with Crippen LogP contribution in [-0.4, -0.2) is 20.8 Å². The second-order valence-electron chi connectivity index (χ2n) is 5.44. The molecule has 0 fully saturated rings. The normalized spacial score (nSPS) is 10.6. The van der Waals surface area contributed by atoms with E-state index in [1.807, 2.05) is 0 Å². The summed E-state index contributed by atoms with van der Waals surface area (Å²) in [6.07, 6.45) is 0. The number of hydrogen-bond donors (Lipinski definition) is 2. The minimum absolute atomic E-state index is 0.0725. The molecule has 0 aliphatic carbocycles. The molecule has 6 heteroatoms. The first kappa shape index (κ1) is 15.7. The standard InChI is InChI=1S/C18H16FN3O2/c1-11-17(18(24)20-14-4-3-5-16(23)10-14)12(2)22(21-11)15-8-6-13(19)7-9-15/h3-10,23H,1-2H3,(H,20,24). The molecule has 3 rings (SSSR count). The van der Waals surface area contributed by atoms with Crippen molar-refractivity contribution in [1.82, 2.24) is 9.78 Å². The number of nitrogens with one attached hydrogen (secondary N) is 1. The summed E-state index contributed by atoms with van der Waals surface area (Å²) >= 11 is 0. The number of anilines is 1. The third kappa shape index (κ3) is 2.99. The van der Waals surface area contributed by atoms with Crippen molar-refractivity contribution in [1.29, 1.82) is 0 Å². The Morgan fingerprint density at radius 2 is 1.88 bits per heavy atom. The number of nitrogens with zero attached hydrogens (tertiary/aromatic N) is 2. The van der Waals surface area contributed by atoms with Crippen molar-refractivity contribution in [3.8, 4) is 11.4 Å². The van der Waals surface area contributed by atoms with E-state index in [9.17, 15) is 14.3 Å². The van der Waals surface area contributed by atoms with Crippen LogP contribution in [0.3, 0.4) is 0 Å². The minimum Gasteiger partial charge on any atom is -0.508 e. The summed E-state index contributed by atoms with van der Waals surface area (Å²) in [5.74, 6) is -0.575. The predicted molar refractivity (Wildman–Crippen MR) is 89.1 cm³/mol. The van der Waals surface area contributed by atoms with Gasteiger partial charge >= 0.3 is 0 Å². The average Bonchev–Trinajstić information content (AvgIpc) is 2.83. The number of phenolic OH excluding ortho intramolecular Hbond substituents is 1. The van der Waals surface area contributed by atoms with E-state index in [1.165, 1.54) is 24.3 Å². The minimum atomic E-state index is -0.331. The van der Waals surface area contributed by atoms with Gasteiger partial charge in [-0.3, -0.25) is 4.79 Å². The van der Waals surface area contributed by atoms with Crippen LogP contribution in [0.1, 0.15) is 21.7 Å². The molecule has 0 aliphatic rings. The lowest BCUT2D eigenvalue weighted by atomic mass is 10.1. The molecule has 3 aromatic rings. The number of carbonyl (C=O) groups excluding carboxylic acids is 1. The van der Waals surface area contributed by atoms with Crippen LogP contribution in [0.4, 0.5) is 10.1 Å². The third-order valence-corrected chi connectivity index (χ3v) is 3.69. The van der Waals surface area contributed by atoms with E-state index in [0.29, 0.717) is 28.3 Å². The zero-order chi connectivity index (χ0) is 17.3. The highest BCUT2D eigenvalue weighted by molar-refractivity contribution is 6.06. The first-order valence-electron chi connectivity index (χ1n) is 7.38. The highest BCUT2D eigenvalue weighted by Gasteiger charge is 2.19. The van der Waals surface area contributed by atoms with Gasteiger partial charge in [-0.2, -0.15) is 5.10 Å². The van der Waals surface area contributed by atoms with E-state index in [1.54, 1.807) is 42.8 Å². The van der Waals surface area contributed by atoms with E-state index in [4.69, 9.17) is 0 Å². The third-order valence-electron chi connectivity index (χ3n) is 3.69. The molecule has 122 valence electrons. The highest BCUT2D eigenvalue weighted by Crippen LogP contribution is 2.21.